The molecule has 1 aliphatic rings. The van der Waals surface area contributed by atoms with E-state index in [0.29, 0.717) is 17.5 Å². The fourth-order valence-corrected chi connectivity index (χ4v) is 5.67. The monoisotopic (exact) mass is 492 g/mol. The normalized spacial score (nSPS) is 15.9. The molecule has 0 amide bonds. The zero-order chi connectivity index (χ0) is 25.8. The lowest BCUT2D eigenvalue weighted by atomic mass is 9.88. The van der Waals surface area contributed by atoms with Crippen molar-refractivity contribution in [1.29, 1.82) is 0 Å². The standard InChI is InChI=1S/C33H36N2O2/c1-23-17-18-28(21-31(23)33(36)37-3)35-22-25(20-27-12-5-7-16-32(27)35)10-9-19-34-24(2)29-15-8-13-26-11-4-6-14-30(26)29/h4-8,11-18,21,24-25,34H,9-10,19-20,22H2,1-3H3. The number of hydrogen-bond donors (Lipinski definition) is 1. The number of benzene rings is 4. The quantitative estimate of drug-likeness (QED) is 0.206. The van der Waals surface area contributed by atoms with E-state index in [4.69, 9.17) is 4.74 Å². The highest BCUT2D eigenvalue weighted by Crippen LogP contribution is 2.37. The summed E-state index contributed by atoms with van der Waals surface area (Å²) in [7, 11) is 1.44. The van der Waals surface area contributed by atoms with Crippen LogP contribution in [0.25, 0.3) is 10.8 Å². The molecule has 2 unspecified atom stereocenters. The number of para-hydroxylation sites is 1. The Bertz CT molecular complexity index is 1390. The van der Waals surface area contributed by atoms with Gasteiger partial charge < -0.3 is 15.0 Å². The van der Waals surface area contributed by atoms with Crippen LogP contribution >= 0.6 is 0 Å². The van der Waals surface area contributed by atoms with Gasteiger partial charge in [0.15, 0.2) is 0 Å². The van der Waals surface area contributed by atoms with Crippen LogP contribution in [-0.4, -0.2) is 26.2 Å². The predicted octanol–water partition coefficient (Wildman–Crippen LogP) is 7.38. The van der Waals surface area contributed by atoms with Crippen LogP contribution in [0.3, 0.4) is 0 Å². The van der Waals surface area contributed by atoms with Crippen molar-refractivity contribution < 1.29 is 9.53 Å². The highest BCUT2D eigenvalue weighted by molar-refractivity contribution is 5.92. The van der Waals surface area contributed by atoms with Crippen LogP contribution in [0.1, 0.15) is 52.9 Å². The molecule has 0 bridgehead atoms. The Balaban J connectivity index is 1.26. The van der Waals surface area contributed by atoms with Crippen LogP contribution in [0.15, 0.2) is 84.9 Å². The summed E-state index contributed by atoms with van der Waals surface area (Å²) in [5.41, 5.74) is 6.58. The number of hydrogen-bond acceptors (Lipinski definition) is 4. The molecule has 0 saturated carbocycles. The fourth-order valence-electron chi connectivity index (χ4n) is 5.67. The summed E-state index contributed by atoms with van der Waals surface area (Å²) < 4.78 is 5.03. The molecule has 4 nitrogen and oxygen atoms in total. The van der Waals surface area contributed by atoms with Gasteiger partial charge in [0, 0.05) is 24.0 Å². The molecule has 0 saturated heterocycles. The zero-order valence-electron chi connectivity index (χ0n) is 22.0. The predicted molar refractivity (Wildman–Crippen MR) is 153 cm³/mol. The third-order valence-corrected chi connectivity index (χ3v) is 7.70. The number of nitrogens with one attached hydrogen (secondary N) is 1. The van der Waals surface area contributed by atoms with Gasteiger partial charge in [0.05, 0.1) is 12.7 Å². The molecule has 190 valence electrons. The molecule has 5 rings (SSSR count). The molecular weight excluding hydrogens is 456 g/mol. The Morgan fingerprint density at radius 3 is 2.68 bits per heavy atom. The van der Waals surface area contributed by atoms with Crippen LogP contribution in [0.4, 0.5) is 11.4 Å². The number of ether oxygens (including phenoxy) is 1. The molecule has 0 aliphatic carbocycles. The number of fused-ring (bicyclic) bond motifs is 2. The molecule has 1 N–H and O–H groups in total. The SMILES string of the molecule is COC(=O)c1cc(N2CC(CCCNC(C)c3cccc4ccccc34)Cc3ccccc32)ccc1C. The number of esters is 1. The van der Waals surface area contributed by atoms with Crippen molar-refractivity contribution >= 4 is 28.1 Å². The summed E-state index contributed by atoms with van der Waals surface area (Å²) in [6.45, 7) is 6.14. The van der Waals surface area contributed by atoms with Gasteiger partial charge in [-0.25, -0.2) is 4.79 Å². The van der Waals surface area contributed by atoms with Crippen molar-refractivity contribution in [2.75, 3.05) is 25.1 Å². The van der Waals surface area contributed by atoms with E-state index in [2.05, 4.69) is 89.9 Å². The third kappa shape index (κ3) is 5.40. The fraction of sp³-hybridized carbons (Fsp3) is 0.303. The summed E-state index contributed by atoms with van der Waals surface area (Å²) in [5.74, 6) is 0.264. The van der Waals surface area contributed by atoms with Crippen LogP contribution in [0.2, 0.25) is 0 Å². The second-order valence-corrected chi connectivity index (χ2v) is 10.2. The summed E-state index contributed by atoms with van der Waals surface area (Å²) in [5, 5.41) is 6.38. The maximum atomic E-state index is 12.3. The lowest BCUT2D eigenvalue weighted by Gasteiger charge is -2.36. The minimum atomic E-state index is -0.285. The average Bonchev–Trinajstić information content (AvgIpc) is 2.94. The second-order valence-electron chi connectivity index (χ2n) is 10.2. The Hall–Kier alpha value is -3.63. The highest BCUT2D eigenvalue weighted by atomic mass is 16.5. The number of rotatable bonds is 8. The molecule has 4 aromatic carbocycles. The van der Waals surface area contributed by atoms with Crippen molar-refractivity contribution in [2.24, 2.45) is 5.92 Å². The maximum Gasteiger partial charge on any atom is 0.338 e. The minimum absolute atomic E-state index is 0.285. The van der Waals surface area contributed by atoms with E-state index in [1.54, 1.807) is 0 Å². The Kier molecular flexibility index (Phi) is 7.57. The Morgan fingerprint density at radius 1 is 1.03 bits per heavy atom. The lowest BCUT2D eigenvalue weighted by molar-refractivity contribution is 0.0600. The first kappa shape index (κ1) is 25.0. The van der Waals surface area contributed by atoms with Gasteiger partial charge in [0.25, 0.3) is 0 Å². The molecule has 37 heavy (non-hydrogen) atoms. The van der Waals surface area contributed by atoms with E-state index >= 15 is 0 Å². The molecule has 0 fully saturated rings. The number of carbonyl (C=O) groups is 1. The molecular formula is C33H36N2O2. The lowest BCUT2D eigenvalue weighted by Crippen LogP contribution is -2.32. The van der Waals surface area contributed by atoms with Crippen molar-refractivity contribution in [3.05, 3.63) is 107 Å². The van der Waals surface area contributed by atoms with Crippen molar-refractivity contribution in [3.63, 3.8) is 0 Å². The highest BCUT2D eigenvalue weighted by Gasteiger charge is 2.26. The van der Waals surface area contributed by atoms with Gasteiger partial charge in [-0.2, -0.15) is 0 Å². The smallest absolute Gasteiger partial charge is 0.338 e. The van der Waals surface area contributed by atoms with Gasteiger partial charge in [-0.15, -0.1) is 0 Å². The number of anilines is 2. The van der Waals surface area contributed by atoms with Gasteiger partial charge in [-0.3, -0.25) is 0 Å². The Morgan fingerprint density at radius 2 is 1.81 bits per heavy atom. The average molecular weight is 493 g/mol. The molecule has 0 radical (unpaired) electrons. The molecule has 0 spiro atoms. The summed E-state index contributed by atoms with van der Waals surface area (Å²) in [4.78, 5) is 14.7. The first-order chi connectivity index (χ1) is 18.0. The molecule has 1 aliphatic heterocycles. The zero-order valence-corrected chi connectivity index (χ0v) is 22.0. The van der Waals surface area contributed by atoms with Crippen LogP contribution in [-0.2, 0) is 11.2 Å². The molecule has 4 aromatic rings. The second kappa shape index (κ2) is 11.2. The van der Waals surface area contributed by atoms with Crippen molar-refractivity contribution in [3.8, 4) is 0 Å². The van der Waals surface area contributed by atoms with E-state index in [0.717, 1.165) is 43.6 Å². The number of aryl methyl sites for hydroxylation is 1. The van der Waals surface area contributed by atoms with Crippen LogP contribution in [0.5, 0.6) is 0 Å². The summed E-state index contributed by atoms with van der Waals surface area (Å²) in [6, 6.07) is 30.3. The van der Waals surface area contributed by atoms with Gasteiger partial charge in [0.1, 0.15) is 0 Å². The van der Waals surface area contributed by atoms with Gasteiger partial charge in [-0.05, 0) is 91.2 Å². The summed E-state index contributed by atoms with van der Waals surface area (Å²) in [6.07, 6.45) is 3.36. The van der Waals surface area contributed by atoms with E-state index in [1.165, 1.54) is 34.7 Å². The van der Waals surface area contributed by atoms with Gasteiger partial charge >= 0.3 is 5.97 Å². The van der Waals surface area contributed by atoms with Crippen LogP contribution in [0, 0.1) is 12.8 Å². The Labute approximate surface area is 220 Å². The molecule has 2 atom stereocenters. The molecule has 4 heteroatoms. The van der Waals surface area contributed by atoms with E-state index in [1.807, 2.05) is 19.1 Å². The third-order valence-electron chi connectivity index (χ3n) is 7.70. The maximum absolute atomic E-state index is 12.3. The first-order valence-corrected chi connectivity index (χ1v) is 13.3. The summed E-state index contributed by atoms with van der Waals surface area (Å²) >= 11 is 0. The van der Waals surface area contributed by atoms with E-state index in [9.17, 15) is 4.79 Å². The van der Waals surface area contributed by atoms with E-state index in [-0.39, 0.29) is 5.97 Å². The number of methoxy groups -OCH3 is 1. The molecule has 1 heterocycles. The van der Waals surface area contributed by atoms with Crippen LogP contribution < -0.4 is 10.2 Å². The molecule has 0 aromatic heterocycles. The van der Waals surface area contributed by atoms with Gasteiger partial charge in [0.2, 0.25) is 0 Å². The van der Waals surface area contributed by atoms with Crippen molar-refractivity contribution in [2.45, 2.75) is 39.2 Å². The van der Waals surface area contributed by atoms with Crippen molar-refractivity contribution in [1.82, 2.24) is 5.32 Å². The minimum Gasteiger partial charge on any atom is -0.465 e. The van der Waals surface area contributed by atoms with Gasteiger partial charge in [-0.1, -0.05) is 66.7 Å². The topological polar surface area (TPSA) is 41.6 Å². The number of carbonyl (C=O) groups excluding carboxylic acids is 1. The first-order valence-electron chi connectivity index (χ1n) is 13.3. The number of nitrogens with zero attached hydrogens (tertiary/aromatic N) is 1. The largest absolute Gasteiger partial charge is 0.465 e. The van der Waals surface area contributed by atoms with E-state index < -0.39 is 0 Å².